The molecule has 1 aromatic carbocycles. The molecule has 0 bridgehead atoms. The predicted octanol–water partition coefficient (Wildman–Crippen LogP) is 3.86. The van der Waals surface area contributed by atoms with Crippen molar-refractivity contribution < 1.29 is 18.0 Å². The van der Waals surface area contributed by atoms with E-state index in [9.17, 15) is 18.0 Å². The number of alkyl halides is 3. The van der Waals surface area contributed by atoms with E-state index in [0.29, 0.717) is 28.9 Å². The highest BCUT2D eigenvalue weighted by Gasteiger charge is 2.22. The van der Waals surface area contributed by atoms with Crippen LogP contribution in [0.15, 0.2) is 36.5 Å². The first-order chi connectivity index (χ1) is 12.3. The van der Waals surface area contributed by atoms with E-state index < -0.39 is 6.18 Å². The van der Waals surface area contributed by atoms with Gasteiger partial charge < -0.3 is 10.6 Å². The number of hydrogen-bond acceptors (Lipinski definition) is 3. The Morgan fingerprint density at radius 1 is 1.31 bits per heavy atom. The molecule has 136 valence electrons. The number of nitrogens with one attached hydrogen (secondary N) is 2. The molecule has 0 aliphatic carbocycles. The van der Waals surface area contributed by atoms with Crippen molar-refractivity contribution in [3.8, 4) is 0 Å². The van der Waals surface area contributed by atoms with E-state index in [2.05, 4.69) is 15.6 Å². The van der Waals surface area contributed by atoms with Crippen LogP contribution in [-0.4, -0.2) is 23.6 Å². The zero-order chi connectivity index (χ0) is 18.7. The Morgan fingerprint density at radius 3 is 2.85 bits per heavy atom. The van der Waals surface area contributed by atoms with Crippen LogP contribution >= 0.6 is 0 Å². The second kappa shape index (κ2) is 7.29. The summed E-state index contributed by atoms with van der Waals surface area (Å²) in [5.41, 5.74) is 4.07. The van der Waals surface area contributed by atoms with Gasteiger partial charge in [0.15, 0.2) is 0 Å². The highest BCUT2D eigenvalue weighted by atomic mass is 19.4. The number of amides is 1. The zero-order valence-electron chi connectivity index (χ0n) is 14.2. The first-order valence-corrected chi connectivity index (χ1v) is 8.18. The second-order valence-electron chi connectivity index (χ2n) is 6.16. The smallest absolute Gasteiger partial charge is 0.321 e. The highest BCUT2D eigenvalue weighted by Crippen LogP contribution is 2.21. The number of halogens is 3. The Morgan fingerprint density at radius 2 is 2.12 bits per heavy atom. The molecule has 0 radical (unpaired) electrons. The molecule has 0 spiro atoms. The summed E-state index contributed by atoms with van der Waals surface area (Å²) in [5, 5.41) is 6.05. The summed E-state index contributed by atoms with van der Waals surface area (Å²) in [6.07, 6.45) is -0.727. The molecule has 1 aromatic heterocycles. The molecule has 2 heterocycles. The molecule has 1 aliphatic rings. The minimum atomic E-state index is -4.36. The summed E-state index contributed by atoms with van der Waals surface area (Å²) in [6, 6.07) is 6.45. The summed E-state index contributed by atoms with van der Waals surface area (Å²) >= 11 is 0. The number of pyridine rings is 1. The van der Waals surface area contributed by atoms with Gasteiger partial charge in [0.05, 0.1) is 11.9 Å². The molecular weight excluding hydrogens is 343 g/mol. The molecule has 2 aromatic rings. The van der Waals surface area contributed by atoms with Crippen LogP contribution in [0.25, 0.3) is 6.08 Å². The van der Waals surface area contributed by atoms with Crippen molar-refractivity contribution >= 4 is 17.7 Å². The first-order valence-electron chi connectivity index (χ1n) is 8.18. The Labute approximate surface area is 149 Å². The fraction of sp³-hybridized carbons (Fsp3) is 0.263. The number of allylic oxidation sites excluding steroid dienone is 1. The molecule has 4 nitrogen and oxygen atoms in total. The van der Waals surface area contributed by atoms with Crippen molar-refractivity contribution in [1.29, 1.82) is 0 Å². The van der Waals surface area contributed by atoms with Gasteiger partial charge in [-0.2, -0.15) is 13.2 Å². The molecule has 7 heteroatoms. The van der Waals surface area contributed by atoms with Crippen molar-refractivity contribution in [2.45, 2.75) is 26.1 Å². The predicted molar refractivity (Wildman–Crippen MR) is 93.9 cm³/mol. The maximum absolute atomic E-state index is 12.5. The Kier molecular flexibility index (Phi) is 5.08. The van der Waals surface area contributed by atoms with Crippen LogP contribution in [0.1, 0.15) is 32.7 Å². The molecule has 26 heavy (non-hydrogen) atoms. The minimum absolute atomic E-state index is 0.175. The lowest BCUT2D eigenvalue weighted by Gasteiger charge is -2.17. The average Bonchev–Trinajstić information content (AvgIpc) is 2.59. The van der Waals surface area contributed by atoms with E-state index in [1.165, 1.54) is 12.1 Å². The molecule has 0 unspecified atom stereocenters. The highest BCUT2D eigenvalue weighted by molar-refractivity contribution is 6.05. The van der Waals surface area contributed by atoms with Gasteiger partial charge in [-0.3, -0.25) is 9.78 Å². The van der Waals surface area contributed by atoms with Crippen LogP contribution < -0.4 is 10.6 Å². The summed E-state index contributed by atoms with van der Waals surface area (Å²) in [6.45, 7) is 3.29. The van der Waals surface area contributed by atoms with E-state index in [1.54, 1.807) is 19.2 Å². The third-order valence-corrected chi connectivity index (χ3v) is 4.13. The van der Waals surface area contributed by atoms with Gasteiger partial charge in [0.2, 0.25) is 0 Å². The van der Waals surface area contributed by atoms with E-state index in [1.807, 2.05) is 6.07 Å². The monoisotopic (exact) mass is 361 g/mol. The topological polar surface area (TPSA) is 54.0 Å². The van der Waals surface area contributed by atoms with Crippen molar-refractivity contribution in [1.82, 2.24) is 10.3 Å². The van der Waals surface area contributed by atoms with Crippen LogP contribution in [0.4, 0.5) is 18.9 Å². The lowest BCUT2D eigenvalue weighted by Crippen LogP contribution is -2.25. The third kappa shape index (κ3) is 4.49. The summed E-state index contributed by atoms with van der Waals surface area (Å²) in [5.74, 6) is -0.320. The lowest BCUT2D eigenvalue weighted by molar-refractivity contribution is -0.0790. The second-order valence-corrected chi connectivity index (χ2v) is 6.16. The quantitative estimate of drug-likeness (QED) is 0.873. The molecule has 0 fully saturated rings. The number of hydrogen-bond donors (Lipinski definition) is 2. The van der Waals surface area contributed by atoms with Crippen molar-refractivity contribution in [2.24, 2.45) is 0 Å². The van der Waals surface area contributed by atoms with Gasteiger partial charge in [-0.05, 0) is 35.7 Å². The van der Waals surface area contributed by atoms with Crippen LogP contribution in [0, 0.1) is 6.92 Å². The van der Waals surface area contributed by atoms with E-state index in [4.69, 9.17) is 0 Å². The fourth-order valence-corrected chi connectivity index (χ4v) is 2.85. The number of aryl methyl sites for hydroxylation is 1. The van der Waals surface area contributed by atoms with Crippen LogP contribution in [0.3, 0.4) is 0 Å². The molecule has 0 atom stereocenters. The summed E-state index contributed by atoms with van der Waals surface area (Å²) in [4.78, 5) is 16.9. The fourth-order valence-electron chi connectivity index (χ4n) is 2.85. The molecular formula is C19H18F3N3O. The van der Waals surface area contributed by atoms with E-state index >= 15 is 0 Å². The van der Waals surface area contributed by atoms with Crippen molar-refractivity contribution in [2.75, 3.05) is 11.9 Å². The van der Waals surface area contributed by atoms with Crippen LogP contribution in [0.2, 0.25) is 0 Å². The first kappa shape index (κ1) is 18.1. The molecule has 2 N–H and O–H groups in total. The van der Waals surface area contributed by atoms with Crippen molar-refractivity contribution in [3.63, 3.8) is 0 Å². The van der Waals surface area contributed by atoms with Crippen LogP contribution in [-0.2, 0) is 13.0 Å². The molecule has 1 amide bonds. The van der Waals surface area contributed by atoms with Gasteiger partial charge in [-0.1, -0.05) is 18.2 Å². The van der Waals surface area contributed by atoms with Gasteiger partial charge in [-0.15, -0.1) is 0 Å². The van der Waals surface area contributed by atoms with Crippen LogP contribution in [0.5, 0.6) is 0 Å². The Balaban J connectivity index is 1.75. The van der Waals surface area contributed by atoms with Gasteiger partial charge >= 0.3 is 6.18 Å². The standard InChI is InChI=1S/C19H18F3N3O/c1-12-8-13(4-6-19(20,21)22)2-3-16(12)18(26)25-15-9-14-10-23-7-5-17(14)24-11-15/h2-4,6,8-9,11,23H,5,7,10H2,1H3,(H,25,26). The number of carbonyl (C=O) groups is 1. The van der Waals surface area contributed by atoms with E-state index in [0.717, 1.165) is 30.3 Å². The number of benzene rings is 1. The molecule has 0 saturated heterocycles. The average molecular weight is 361 g/mol. The number of rotatable bonds is 3. The summed E-state index contributed by atoms with van der Waals surface area (Å²) < 4.78 is 36.8. The van der Waals surface area contributed by atoms with Gasteiger partial charge in [0, 0.05) is 36.8 Å². The lowest BCUT2D eigenvalue weighted by atomic mass is 10.0. The van der Waals surface area contributed by atoms with Gasteiger partial charge in [-0.25, -0.2) is 0 Å². The van der Waals surface area contributed by atoms with Crippen molar-refractivity contribution in [3.05, 3.63) is 64.5 Å². The largest absolute Gasteiger partial charge is 0.409 e. The Bertz CT molecular complexity index is 860. The maximum Gasteiger partial charge on any atom is 0.409 e. The summed E-state index contributed by atoms with van der Waals surface area (Å²) in [7, 11) is 0. The van der Waals surface area contributed by atoms with Gasteiger partial charge in [0.1, 0.15) is 0 Å². The third-order valence-electron chi connectivity index (χ3n) is 4.13. The SMILES string of the molecule is Cc1cc(C=CC(F)(F)F)ccc1C(=O)Nc1cnc2c(c1)CNCC2. The molecule has 1 aliphatic heterocycles. The number of nitrogens with zero attached hydrogens (tertiary/aromatic N) is 1. The Hall–Kier alpha value is -2.67. The molecule has 0 saturated carbocycles. The number of carbonyl (C=O) groups excluding carboxylic acids is 1. The number of aromatic nitrogens is 1. The number of fused-ring (bicyclic) bond motifs is 1. The van der Waals surface area contributed by atoms with E-state index in [-0.39, 0.29) is 12.0 Å². The normalized spacial score (nSPS) is 14.3. The minimum Gasteiger partial charge on any atom is -0.321 e. The number of anilines is 1. The van der Waals surface area contributed by atoms with Gasteiger partial charge in [0.25, 0.3) is 5.91 Å². The zero-order valence-corrected chi connectivity index (χ0v) is 14.2. The molecule has 3 rings (SSSR count). The maximum atomic E-state index is 12.5.